The van der Waals surface area contributed by atoms with E-state index in [0.29, 0.717) is 24.5 Å². The molecule has 6 nitrogen and oxygen atoms in total. The molecule has 0 amide bonds. The maximum atomic E-state index is 5.46. The van der Waals surface area contributed by atoms with Crippen LogP contribution in [0.15, 0.2) is 0 Å². The number of hydrogen-bond acceptors (Lipinski definition) is 7. The summed E-state index contributed by atoms with van der Waals surface area (Å²) >= 11 is 1.79. The van der Waals surface area contributed by atoms with E-state index in [1.54, 1.807) is 18.8 Å². The molecule has 18 heavy (non-hydrogen) atoms. The highest BCUT2D eigenvalue weighted by atomic mass is 32.2. The molecular formula is C11H21N5OS. The van der Waals surface area contributed by atoms with Gasteiger partial charge in [-0.2, -0.15) is 26.7 Å². The average molecular weight is 271 g/mol. The third kappa shape index (κ3) is 4.56. The van der Waals surface area contributed by atoms with Gasteiger partial charge in [0.15, 0.2) is 0 Å². The van der Waals surface area contributed by atoms with Crippen molar-refractivity contribution in [3.63, 3.8) is 0 Å². The fraction of sp³-hybridized carbons (Fsp3) is 0.727. The van der Waals surface area contributed by atoms with Gasteiger partial charge in [-0.3, -0.25) is 0 Å². The number of anilines is 2. The van der Waals surface area contributed by atoms with Crippen molar-refractivity contribution in [3.05, 3.63) is 0 Å². The molecule has 0 aromatic carbocycles. The summed E-state index contributed by atoms with van der Waals surface area (Å²) in [5, 5.41) is 2.92. The van der Waals surface area contributed by atoms with E-state index in [2.05, 4.69) is 26.5 Å². The van der Waals surface area contributed by atoms with Gasteiger partial charge in [0.05, 0.1) is 6.61 Å². The smallest absolute Gasteiger partial charge is 0.323 e. The molecule has 0 spiro atoms. The van der Waals surface area contributed by atoms with Crippen molar-refractivity contribution in [2.75, 3.05) is 49.5 Å². The number of nitrogens with zero attached hydrogens (tertiary/aromatic N) is 4. The zero-order chi connectivity index (χ0) is 13.4. The highest BCUT2D eigenvalue weighted by Gasteiger charge is 2.10. The number of aromatic nitrogens is 3. The highest BCUT2D eigenvalue weighted by molar-refractivity contribution is 7.98. The first-order valence-corrected chi connectivity index (χ1v) is 7.37. The minimum absolute atomic E-state index is 0.377. The predicted octanol–water partition coefficient (Wildman–Crippen LogP) is 1.50. The molecule has 1 rings (SSSR count). The number of rotatable bonds is 8. The summed E-state index contributed by atoms with van der Waals surface area (Å²) in [7, 11) is 3.75. The van der Waals surface area contributed by atoms with Crippen LogP contribution in [-0.2, 0) is 0 Å². The zero-order valence-electron chi connectivity index (χ0n) is 11.4. The van der Waals surface area contributed by atoms with Crippen LogP contribution in [0.5, 0.6) is 6.01 Å². The Bertz CT molecular complexity index is 363. The molecule has 0 unspecified atom stereocenters. The SMILES string of the molecule is CCCOc1nc(NC)nc(N(C)CCSC)n1. The van der Waals surface area contributed by atoms with Crippen molar-refractivity contribution in [3.8, 4) is 6.01 Å². The second kappa shape index (κ2) is 7.97. The molecule has 0 fully saturated rings. The molecule has 1 heterocycles. The lowest BCUT2D eigenvalue weighted by atomic mass is 10.5. The summed E-state index contributed by atoms with van der Waals surface area (Å²) in [6, 6.07) is 0.377. The van der Waals surface area contributed by atoms with Gasteiger partial charge in [-0.05, 0) is 12.7 Å². The van der Waals surface area contributed by atoms with Crippen molar-refractivity contribution in [1.29, 1.82) is 0 Å². The highest BCUT2D eigenvalue weighted by Crippen LogP contribution is 2.14. The van der Waals surface area contributed by atoms with Crippen molar-refractivity contribution >= 4 is 23.7 Å². The van der Waals surface area contributed by atoms with E-state index in [4.69, 9.17) is 4.74 Å². The van der Waals surface area contributed by atoms with E-state index in [1.165, 1.54) is 0 Å². The molecule has 0 saturated carbocycles. The second-order valence-electron chi connectivity index (χ2n) is 3.75. The van der Waals surface area contributed by atoms with E-state index in [-0.39, 0.29) is 0 Å². The van der Waals surface area contributed by atoms with Gasteiger partial charge < -0.3 is 15.0 Å². The van der Waals surface area contributed by atoms with Gasteiger partial charge in [0.2, 0.25) is 11.9 Å². The first-order valence-electron chi connectivity index (χ1n) is 5.98. The molecule has 0 radical (unpaired) electrons. The second-order valence-corrected chi connectivity index (χ2v) is 4.74. The number of ether oxygens (including phenoxy) is 1. The first-order chi connectivity index (χ1) is 8.71. The minimum atomic E-state index is 0.377. The van der Waals surface area contributed by atoms with Crippen LogP contribution in [0.25, 0.3) is 0 Å². The Morgan fingerprint density at radius 3 is 2.72 bits per heavy atom. The van der Waals surface area contributed by atoms with Gasteiger partial charge in [-0.25, -0.2) is 0 Å². The van der Waals surface area contributed by atoms with E-state index < -0.39 is 0 Å². The van der Waals surface area contributed by atoms with Crippen molar-refractivity contribution < 1.29 is 4.74 Å². The maximum Gasteiger partial charge on any atom is 0.323 e. The van der Waals surface area contributed by atoms with Gasteiger partial charge in [0, 0.05) is 26.4 Å². The molecule has 1 N–H and O–H groups in total. The van der Waals surface area contributed by atoms with Crippen LogP contribution >= 0.6 is 11.8 Å². The van der Waals surface area contributed by atoms with Crippen LogP contribution < -0.4 is 15.0 Å². The monoisotopic (exact) mass is 271 g/mol. The number of hydrogen-bond donors (Lipinski definition) is 1. The van der Waals surface area contributed by atoms with E-state index in [1.807, 2.05) is 18.9 Å². The molecule has 0 atom stereocenters. The Morgan fingerprint density at radius 2 is 2.11 bits per heavy atom. The quantitative estimate of drug-likeness (QED) is 0.768. The lowest BCUT2D eigenvalue weighted by molar-refractivity contribution is 0.292. The maximum absolute atomic E-state index is 5.46. The van der Waals surface area contributed by atoms with Gasteiger partial charge >= 0.3 is 6.01 Å². The Kier molecular flexibility index (Phi) is 6.56. The van der Waals surface area contributed by atoms with Crippen molar-refractivity contribution in [1.82, 2.24) is 15.0 Å². The third-order valence-electron chi connectivity index (χ3n) is 2.23. The predicted molar refractivity (Wildman–Crippen MR) is 76.8 cm³/mol. The fourth-order valence-corrected chi connectivity index (χ4v) is 1.67. The Labute approximate surface area is 113 Å². The van der Waals surface area contributed by atoms with Gasteiger partial charge in [-0.15, -0.1) is 0 Å². The minimum Gasteiger partial charge on any atom is -0.463 e. The van der Waals surface area contributed by atoms with Gasteiger partial charge in [-0.1, -0.05) is 6.92 Å². The van der Waals surface area contributed by atoms with Crippen molar-refractivity contribution in [2.24, 2.45) is 0 Å². The Morgan fingerprint density at radius 1 is 1.33 bits per heavy atom. The van der Waals surface area contributed by atoms with E-state index in [0.717, 1.165) is 18.7 Å². The van der Waals surface area contributed by atoms with Crippen LogP contribution in [0.4, 0.5) is 11.9 Å². The molecular weight excluding hydrogens is 250 g/mol. The molecule has 0 aliphatic rings. The molecule has 7 heteroatoms. The first kappa shape index (κ1) is 14.8. The van der Waals surface area contributed by atoms with E-state index >= 15 is 0 Å². The molecule has 0 bridgehead atoms. The largest absolute Gasteiger partial charge is 0.463 e. The Hall–Kier alpha value is -1.24. The van der Waals surface area contributed by atoms with Crippen molar-refractivity contribution in [2.45, 2.75) is 13.3 Å². The summed E-state index contributed by atoms with van der Waals surface area (Å²) in [5.41, 5.74) is 0. The van der Waals surface area contributed by atoms with Crippen LogP contribution in [0.2, 0.25) is 0 Å². The molecule has 1 aromatic rings. The zero-order valence-corrected chi connectivity index (χ0v) is 12.3. The molecule has 0 saturated heterocycles. The molecule has 0 aliphatic carbocycles. The summed E-state index contributed by atoms with van der Waals surface area (Å²) in [6.45, 7) is 3.55. The lowest BCUT2D eigenvalue weighted by Crippen LogP contribution is -2.23. The molecule has 102 valence electrons. The topological polar surface area (TPSA) is 63.2 Å². The Balaban J connectivity index is 2.81. The van der Waals surface area contributed by atoms with Gasteiger partial charge in [0.25, 0.3) is 0 Å². The molecule has 0 aliphatic heterocycles. The fourth-order valence-electron chi connectivity index (χ4n) is 1.21. The van der Waals surface area contributed by atoms with Crippen LogP contribution in [0, 0.1) is 0 Å². The van der Waals surface area contributed by atoms with Gasteiger partial charge in [0.1, 0.15) is 0 Å². The molecule has 1 aromatic heterocycles. The van der Waals surface area contributed by atoms with Crippen LogP contribution in [-0.4, -0.2) is 54.2 Å². The summed E-state index contributed by atoms with van der Waals surface area (Å²) < 4.78 is 5.46. The standard InChI is InChI=1S/C11H21N5OS/c1-5-7-17-11-14-9(12-2)13-10(15-11)16(3)6-8-18-4/h5-8H2,1-4H3,(H,12,13,14,15). The number of nitrogens with one attached hydrogen (secondary N) is 1. The lowest BCUT2D eigenvalue weighted by Gasteiger charge is -2.17. The normalized spacial score (nSPS) is 10.2. The summed E-state index contributed by atoms with van der Waals surface area (Å²) in [4.78, 5) is 14.8. The third-order valence-corrected chi connectivity index (χ3v) is 2.83. The van der Waals surface area contributed by atoms with E-state index in [9.17, 15) is 0 Å². The van der Waals surface area contributed by atoms with Crippen LogP contribution in [0.1, 0.15) is 13.3 Å². The van der Waals surface area contributed by atoms with Crippen LogP contribution in [0.3, 0.4) is 0 Å². The summed E-state index contributed by atoms with van der Waals surface area (Å²) in [5.74, 6) is 2.19. The average Bonchev–Trinajstić information content (AvgIpc) is 2.41. The number of thioether (sulfide) groups is 1. The summed E-state index contributed by atoms with van der Waals surface area (Å²) in [6.07, 6.45) is 3.01.